The van der Waals surface area contributed by atoms with Gasteiger partial charge in [0, 0.05) is 0 Å². The first-order valence-electron chi connectivity index (χ1n) is 2.45. The van der Waals surface area contributed by atoms with Crippen molar-refractivity contribution < 1.29 is 18.3 Å². The molecule has 0 aromatic rings. The van der Waals surface area contributed by atoms with Gasteiger partial charge in [0.05, 0.1) is 0 Å². The minimum absolute atomic E-state index is 0.705. The SMILES string of the molecule is FC1(Cl)OC(Cl)=C(Cl)OC1(F)Cl. The van der Waals surface area contributed by atoms with Crippen molar-refractivity contribution in [1.29, 1.82) is 0 Å². The van der Waals surface area contributed by atoms with Crippen molar-refractivity contribution in [2.45, 2.75) is 10.6 Å². The van der Waals surface area contributed by atoms with Gasteiger partial charge in [0.15, 0.2) is 0 Å². The summed E-state index contributed by atoms with van der Waals surface area (Å²) in [5.41, 5.74) is 0. The molecule has 0 spiro atoms. The number of alkyl halides is 4. The summed E-state index contributed by atoms with van der Waals surface area (Å²) in [4.78, 5) is 0. The highest BCUT2D eigenvalue weighted by Crippen LogP contribution is 2.48. The molecule has 2 nitrogen and oxygen atoms in total. The van der Waals surface area contributed by atoms with Crippen LogP contribution >= 0.6 is 46.4 Å². The summed E-state index contributed by atoms with van der Waals surface area (Å²) in [6, 6.07) is 0. The molecule has 2 unspecified atom stereocenters. The molecule has 0 aromatic carbocycles. The van der Waals surface area contributed by atoms with Crippen LogP contribution in [0.1, 0.15) is 0 Å². The fraction of sp³-hybridized carbons (Fsp3) is 0.500. The first-order valence-corrected chi connectivity index (χ1v) is 3.96. The quantitative estimate of drug-likeness (QED) is 0.621. The highest BCUT2D eigenvalue weighted by Gasteiger charge is 2.61. The van der Waals surface area contributed by atoms with Crippen LogP contribution in [0.25, 0.3) is 0 Å². The third-order valence-corrected chi connectivity index (χ3v) is 2.26. The van der Waals surface area contributed by atoms with Crippen LogP contribution in [0.2, 0.25) is 0 Å². The monoisotopic (exact) mass is 258 g/mol. The maximum absolute atomic E-state index is 12.8. The number of hydrogen-bond donors (Lipinski definition) is 0. The Hall–Kier alpha value is 0.360. The van der Waals surface area contributed by atoms with Crippen LogP contribution in [0, 0.1) is 0 Å². The standard InChI is InChI=1S/C4Cl4F2O2/c5-1-2(6)12-4(8,10)3(7,9)11-1. The Balaban J connectivity index is 3.00. The minimum atomic E-state index is -3.40. The molecular formula is C4Cl4F2O2. The van der Waals surface area contributed by atoms with Gasteiger partial charge in [0.1, 0.15) is 0 Å². The van der Waals surface area contributed by atoms with Crippen molar-refractivity contribution >= 4 is 46.4 Å². The van der Waals surface area contributed by atoms with E-state index in [2.05, 4.69) is 9.47 Å². The van der Waals surface area contributed by atoms with Crippen molar-refractivity contribution in [3.8, 4) is 0 Å². The molecule has 1 aliphatic heterocycles. The number of halogens is 6. The molecule has 2 atom stereocenters. The summed E-state index contributed by atoms with van der Waals surface area (Å²) >= 11 is 19.9. The van der Waals surface area contributed by atoms with E-state index >= 15 is 0 Å². The molecule has 0 bridgehead atoms. The van der Waals surface area contributed by atoms with Gasteiger partial charge in [0.25, 0.3) is 0 Å². The molecule has 0 aliphatic carbocycles. The van der Waals surface area contributed by atoms with Crippen LogP contribution in [-0.2, 0) is 9.47 Å². The summed E-state index contributed by atoms with van der Waals surface area (Å²) in [5, 5.41) is -8.21. The maximum Gasteiger partial charge on any atom is 0.415 e. The molecule has 0 N–H and O–H groups in total. The van der Waals surface area contributed by atoms with Crippen LogP contribution in [0.4, 0.5) is 8.78 Å². The molecule has 0 amide bonds. The van der Waals surface area contributed by atoms with Crippen molar-refractivity contribution in [1.82, 2.24) is 0 Å². The van der Waals surface area contributed by atoms with Gasteiger partial charge in [-0.15, -0.1) is 0 Å². The van der Waals surface area contributed by atoms with E-state index in [9.17, 15) is 8.78 Å². The molecule has 1 rings (SSSR count). The van der Waals surface area contributed by atoms with Gasteiger partial charge in [-0.1, -0.05) is 0 Å². The Bertz CT molecular complexity index is 215. The smallest absolute Gasteiger partial charge is 0.415 e. The third kappa shape index (κ3) is 1.66. The fourth-order valence-corrected chi connectivity index (χ4v) is 1.02. The molecule has 70 valence electrons. The van der Waals surface area contributed by atoms with Gasteiger partial charge < -0.3 is 9.47 Å². The van der Waals surface area contributed by atoms with E-state index in [0.717, 1.165) is 0 Å². The summed E-state index contributed by atoms with van der Waals surface area (Å²) in [5.74, 6) is 0. The predicted octanol–water partition coefficient (Wildman–Crippen LogP) is 3.36. The predicted molar refractivity (Wildman–Crippen MR) is 40.3 cm³/mol. The summed E-state index contributed by atoms with van der Waals surface area (Å²) in [6.07, 6.45) is 0. The molecule has 1 aliphatic rings. The van der Waals surface area contributed by atoms with E-state index in [1.807, 2.05) is 0 Å². The molecule has 8 heteroatoms. The van der Waals surface area contributed by atoms with E-state index in [4.69, 9.17) is 46.4 Å². The van der Waals surface area contributed by atoms with E-state index in [1.165, 1.54) is 0 Å². The summed E-state index contributed by atoms with van der Waals surface area (Å²) in [6.45, 7) is 0. The molecule has 0 saturated heterocycles. The number of ether oxygens (including phenoxy) is 2. The molecule has 0 fully saturated rings. The Labute approximate surface area is 85.9 Å². The second-order valence-corrected chi connectivity index (χ2v) is 3.44. The first kappa shape index (κ1) is 10.4. The Morgan fingerprint density at radius 3 is 1.42 bits per heavy atom. The van der Waals surface area contributed by atoms with Crippen LogP contribution in [0.5, 0.6) is 0 Å². The highest BCUT2D eigenvalue weighted by molar-refractivity contribution is 6.39. The highest BCUT2D eigenvalue weighted by atomic mass is 35.5. The van der Waals surface area contributed by atoms with E-state index in [0.29, 0.717) is 0 Å². The molecule has 0 aromatic heterocycles. The van der Waals surface area contributed by atoms with Gasteiger partial charge in [-0.3, -0.25) is 0 Å². The zero-order chi connectivity index (χ0) is 9.57. The van der Waals surface area contributed by atoms with Gasteiger partial charge in [-0.25, -0.2) is 0 Å². The van der Waals surface area contributed by atoms with E-state index in [-0.39, 0.29) is 0 Å². The van der Waals surface area contributed by atoms with Gasteiger partial charge >= 0.3 is 10.6 Å². The van der Waals surface area contributed by atoms with Crippen molar-refractivity contribution in [3.05, 3.63) is 10.4 Å². The Morgan fingerprint density at radius 2 is 1.17 bits per heavy atom. The van der Waals surface area contributed by atoms with Crippen LogP contribution in [-0.4, -0.2) is 10.6 Å². The van der Waals surface area contributed by atoms with Gasteiger partial charge in [-0.05, 0) is 46.4 Å². The topological polar surface area (TPSA) is 18.5 Å². The molecule has 12 heavy (non-hydrogen) atoms. The number of rotatable bonds is 0. The van der Waals surface area contributed by atoms with Crippen LogP contribution in [0.15, 0.2) is 10.4 Å². The minimum Gasteiger partial charge on any atom is -0.423 e. The second-order valence-electron chi connectivity index (χ2n) is 1.79. The first-order chi connectivity index (χ1) is 5.26. The zero-order valence-corrected chi connectivity index (χ0v) is 8.11. The lowest BCUT2D eigenvalue weighted by molar-refractivity contribution is -0.224. The van der Waals surface area contributed by atoms with Gasteiger partial charge in [-0.2, -0.15) is 8.78 Å². The third-order valence-electron chi connectivity index (χ3n) is 0.929. The lowest BCUT2D eigenvalue weighted by Gasteiger charge is -2.32. The fourth-order valence-electron chi connectivity index (χ4n) is 0.424. The zero-order valence-electron chi connectivity index (χ0n) is 5.08. The van der Waals surface area contributed by atoms with Crippen molar-refractivity contribution in [3.63, 3.8) is 0 Å². The largest absolute Gasteiger partial charge is 0.423 e. The maximum atomic E-state index is 12.8. The average molecular weight is 260 g/mol. The average Bonchev–Trinajstić information content (AvgIpc) is 1.82. The van der Waals surface area contributed by atoms with E-state index in [1.54, 1.807) is 0 Å². The lowest BCUT2D eigenvalue weighted by atomic mass is 10.6. The molecule has 0 radical (unpaired) electrons. The Morgan fingerprint density at radius 1 is 0.917 bits per heavy atom. The van der Waals surface area contributed by atoms with Crippen molar-refractivity contribution in [2.24, 2.45) is 0 Å². The molecule has 1 heterocycles. The molecular weight excluding hydrogens is 260 g/mol. The van der Waals surface area contributed by atoms with Gasteiger partial charge in [0.2, 0.25) is 10.4 Å². The summed E-state index contributed by atoms with van der Waals surface area (Å²) in [7, 11) is 0. The summed E-state index contributed by atoms with van der Waals surface area (Å²) < 4.78 is 33.6. The molecule has 0 saturated carbocycles. The van der Waals surface area contributed by atoms with Crippen molar-refractivity contribution in [2.75, 3.05) is 0 Å². The second kappa shape index (κ2) is 2.94. The normalized spacial score (nSPS) is 42.2. The Kier molecular flexibility index (Phi) is 2.56. The van der Waals surface area contributed by atoms with Crippen LogP contribution < -0.4 is 0 Å². The number of hydrogen-bond acceptors (Lipinski definition) is 2. The van der Waals surface area contributed by atoms with Crippen LogP contribution in [0.3, 0.4) is 0 Å². The lowest BCUT2D eigenvalue weighted by Crippen LogP contribution is -2.45. The van der Waals surface area contributed by atoms with E-state index < -0.39 is 21.1 Å².